The summed E-state index contributed by atoms with van der Waals surface area (Å²) < 4.78 is 3.16. The molecule has 0 radical (unpaired) electrons. The van der Waals surface area contributed by atoms with Gasteiger partial charge in [-0.2, -0.15) is 0 Å². The number of aromatic hydroxyl groups is 1. The van der Waals surface area contributed by atoms with Crippen LogP contribution in [0.3, 0.4) is 0 Å². The number of fused-ring (bicyclic) bond motifs is 1. The van der Waals surface area contributed by atoms with Crippen molar-refractivity contribution < 1.29 is 5.11 Å². The van der Waals surface area contributed by atoms with Gasteiger partial charge in [-0.15, -0.1) is 0 Å². The molecule has 1 N–H and O–H groups in total. The van der Waals surface area contributed by atoms with E-state index in [2.05, 4.69) is 12.2 Å². The average Bonchev–Trinajstić information content (AvgIpc) is 2.75. The van der Waals surface area contributed by atoms with Crippen LogP contribution >= 0.6 is 0 Å². The molecule has 2 aromatic rings. The molecule has 2 bridgehead atoms. The molecule has 2 unspecified atom stereocenters. The van der Waals surface area contributed by atoms with Gasteiger partial charge in [-0.3, -0.25) is 4.57 Å². The predicted octanol–water partition coefficient (Wildman–Crippen LogP) is 2.33. The Bertz CT molecular complexity index is 725. The molecule has 0 spiro atoms. The van der Waals surface area contributed by atoms with E-state index in [0.29, 0.717) is 5.69 Å². The highest BCUT2D eigenvalue weighted by Crippen LogP contribution is 2.43. The van der Waals surface area contributed by atoms with Crippen LogP contribution in [0.25, 0.3) is 5.69 Å². The third-order valence-corrected chi connectivity index (χ3v) is 4.13. The van der Waals surface area contributed by atoms with E-state index in [0.717, 1.165) is 18.5 Å². The van der Waals surface area contributed by atoms with Gasteiger partial charge in [0, 0.05) is 5.92 Å². The third kappa shape index (κ3) is 1.31. The molecule has 0 saturated carbocycles. The Kier molecular flexibility index (Phi) is 2.04. The molecule has 0 amide bonds. The second-order valence-corrected chi connectivity index (χ2v) is 5.17. The smallest absolute Gasteiger partial charge is 0.336 e. The molecule has 2 aliphatic heterocycles. The van der Waals surface area contributed by atoms with Crippen molar-refractivity contribution in [3.8, 4) is 11.6 Å². The fraction of sp³-hybridized carbons (Fsp3) is 0.267. The summed E-state index contributed by atoms with van der Waals surface area (Å²) >= 11 is 0. The molecule has 3 aliphatic rings. The number of hydrogen-bond acceptors (Lipinski definition) is 2. The van der Waals surface area contributed by atoms with Gasteiger partial charge in [0.15, 0.2) is 0 Å². The quantitative estimate of drug-likeness (QED) is 0.794. The van der Waals surface area contributed by atoms with E-state index in [9.17, 15) is 9.90 Å². The maximum atomic E-state index is 12.6. The molecule has 3 heterocycles. The molecule has 4 heteroatoms. The minimum Gasteiger partial charge on any atom is -0.493 e. The minimum absolute atomic E-state index is 0.0928. The first-order chi connectivity index (χ1) is 9.27. The summed E-state index contributed by atoms with van der Waals surface area (Å²) in [5, 5.41) is 10.4. The summed E-state index contributed by atoms with van der Waals surface area (Å²) in [6.07, 6.45) is 6.18. The molecule has 1 aliphatic carbocycles. The number of imidazole rings is 1. The van der Waals surface area contributed by atoms with E-state index in [1.165, 1.54) is 4.57 Å². The highest BCUT2D eigenvalue weighted by molar-refractivity contribution is 5.42. The first-order valence-corrected chi connectivity index (χ1v) is 6.57. The zero-order valence-electron chi connectivity index (χ0n) is 10.4. The number of rotatable bonds is 1. The van der Waals surface area contributed by atoms with E-state index in [1.807, 2.05) is 30.3 Å². The molecule has 1 aromatic heterocycles. The first-order valence-electron chi connectivity index (χ1n) is 6.57. The van der Waals surface area contributed by atoms with Crippen LogP contribution in [-0.4, -0.2) is 14.2 Å². The van der Waals surface area contributed by atoms with E-state index < -0.39 is 0 Å². The van der Waals surface area contributed by atoms with Crippen molar-refractivity contribution in [1.82, 2.24) is 9.13 Å². The highest BCUT2D eigenvalue weighted by Gasteiger charge is 2.35. The average molecular weight is 254 g/mol. The van der Waals surface area contributed by atoms with E-state index >= 15 is 0 Å². The van der Waals surface area contributed by atoms with Gasteiger partial charge in [0.2, 0.25) is 5.88 Å². The number of allylic oxidation sites excluding steroid dienone is 2. The summed E-state index contributed by atoms with van der Waals surface area (Å²) in [7, 11) is 0. The van der Waals surface area contributed by atoms with Crippen molar-refractivity contribution in [2.45, 2.75) is 24.8 Å². The molecule has 1 aromatic carbocycles. The molecular weight excluding hydrogens is 240 g/mol. The zero-order chi connectivity index (χ0) is 13.0. The van der Waals surface area contributed by atoms with Crippen LogP contribution < -0.4 is 5.69 Å². The van der Waals surface area contributed by atoms with Crippen LogP contribution in [-0.2, 0) is 0 Å². The molecule has 4 nitrogen and oxygen atoms in total. The van der Waals surface area contributed by atoms with E-state index in [4.69, 9.17) is 0 Å². The SMILES string of the molecule is O=c1n(-c2ccccc2)c(O)c2n1C1C=CC2CC1. The summed E-state index contributed by atoms with van der Waals surface area (Å²) in [5.74, 6) is 0.262. The Labute approximate surface area is 110 Å². The Hall–Kier alpha value is -2.23. The number of hydrogen-bond donors (Lipinski definition) is 1. The maximum absolute atomic E-state index is 12.6. The van der Waals surface area contributed by atoms with Gasteiger partial charge < -0.3 is 5.11 Å². The second-order valence-electron chi connectivity index (χ2n) is 5.17. The van der Waals surface area contributed by atoms with Gasteiger partial charge in [-0.05, 0) is 25.0 Å². The predicted molar refractivity (Wildman–Crippen MR) is 71.8 cm³/mol. The van der Waals surface area contributed by atoms with Crippen molar-refractivity contribution in [2.75, 3.05) is 0 Å². The lowest BCUT2D eigenvalue weighted by Gasteiger charge is -2.31. The zero-order valence-corrected chi connectivity index (χ0v) is 10.4. The van der Waals surface area contributed by atoms with Gasteiger partial charge in [0.1, 0.15) is 0 Å². The summed E-state index contributed by atoms with van der Waals surface area (Å²) in [6.45, 7) is 0. The van der Waals surface area contributed by atoms with Gasteiger partial charge in [-0.25, -0.2) is 9.36 Å². The standard InChI is InChI=1S/C15H14N2O2/c18-14-13-10-6-8-12(9-7-10)16(13)15(19)17(14)11-4-2-1-3-5-11/h1-6,8,10,12,18H,7,9H2. The van der Waals surface area contributed by atoms with Gasteiger partial charge >= 0.3 is 5.69 Å². The Morgan fingerprint density at radius 1 is 1.11 bits per heavy atom. The summed E-state index contributed by atoms with van der Waals surface area (Å²) in [4.78, 5) is 12.6. The molecule has 0 fully saturated rings. The Morgan fingerprint density at radius 2 is 1.89 bits per heavy atom. The fourth-order valence-electron chi connectivity index (χ4n) is 3.25. The van der Waals surface area contributed by atoms with Crippen molar-refractivity contribution in [3.63, 3.8) is 0 Å². The molecule has 0 saturated heterocycles. The second kappa shape index (κ2) is 3.63. The molecule has 2 atom stereocenters. The minimum atomic E-state index is -0.141. The van der Waals surface area contributed by atoms with Gasteiger partial charge in [-0.1, -0.05) is 30.4 Å². The molecule has 5 rings (SSSR count). The third-order valence-electron chi connectivity index (χ3n) is 4.13. The summed E-state index contributed by atoms with van der Waals surface area (Å²) in [5.41, 5.74) is 1.34. The van der Waals surface area contributed by atoms with Crippen LogP contribution in [0.15, 0.2) is 47.3 Å². The lowest BCUT2D eigenvalue weighted by atomic mass is 9.86. The Balaban J connectivity index is 2.02. The normalized spacial score (nSPS) is 23.6. The van der Waals surface area contributed by atoms with Crippen molar-refractivity contribution >= 4 is 0 Å². The summed E-state index contributed by atoms with van der Waals surface area (Å²) in [6, 6.07) is 9.40. The Morgan fingerprint density at radius 3 is 2.53 bits per heavy atom. The topological polar surface area (TPSA) is 47.2 Å². The number of benzene rings is 1. The van der Waals surface area contributed by atoms with Crippen molar-refractivity contribution in [2.24, 2.45) is 0 Å². The molecular formula is C15H14N2O2. The van der Waals surface area contributed by atoms with Crippen molar-refractivity contribution in [3.05, 3.63) is 58.7 Å². The monoisotopic (exact) mass is 254 g/mol. The lowest BCUT2D eigenvalue weighted by molar-refractivity contribution is 0.385. The van der Waals surface area contributed by atoms with Crippen molar-refractivity contribution in [1.29, 1.82) is 0 Å². The highest BCUT2D eigenvalue weighted by atomic mass is 16.3. The first kappa shape index (κ1) is 10.7. The largest absolute Gasteiger partial charge is 0.493 e. The van der Waals surface area contributed by atoms with E-state index in [-0.39, 0.29) is 23.5 Å². The number of nitrogens with zero attached hydrogens (tertiary/aromatic N) is 2. The van der Waals surface area contributed by atoms with Gasteiger partial charge in [0.05, 0.1) is 17.4 Å². The maximum Gasteiger partial charge on any atom is 0.336 e. The molecule has 96 valence electrons. The van der Waals surface area contributed by atoms with E-state index in [1.54, 1.807) is 4.57 Å². The fourth-order valence-corrected chi connectivity index (χ4v) is 3.25. The van der Waals surface area contributed by atoms with Gasteiger partial charge in [0.25, 0.3) is 0 Å². The van der Waals surface area contributed by atoms with Crippen LogP contribution in [0.5, 0.6) is 5.88 Å². The molecule has 19 heavy (non-hydrogen) atoms. The van der Waals surface area contributed by atoms with Crippen LogP contribution in [0.2, 0.25) is 0 Å². The van der Waals surface area contributed by atoms with Crippen LogP contribution in [0, 0.1) is 0 Å². The van der Waals surface area contributed by atoms with Crippen LogP contribution in [0.4, 0.5) is 0 Å². The van der Waals surface area contributed by atoms with Crippen LogP contribution in [0.1, 0.15) is 30.5 Å². The lowest BCUT2D eigenvalue weighted by Crippen LogP contribution is -2.32. The number of aromatic nitrogens is 2. The number of para-hydroxylation sites is 1.